The molecule has 0 fully saturated rings. The lowest BCUT2D eigenvalue weighted by Gasteiger charge is -2.27. The third-order valence-corrected chi connectivity index (χ3v) is 4.59. The van der Waals surface area contributed by atoms with E-state index in [1.807, 2.05) is 0 Å². The minimum absolute atomic E-state index is 0.0722. The van der Waals surface area contributed by atoms with Gasteiger partial charge < -0.3 is 5.73 Å². The Morgan fingerprint density at radius 3 is 2.14 bits per heavy atom. The molecule has 0 saturated carbocycles. The summed E-state index contributed by atoms with van der Waals surface area (Å²) in [6, 6.07) is -0.401. The fourth-order valence-corrected chi connectivity index (χ4v) is 3.30. The molecule has 2 N–H and O–H groups in total. The van der Waals surface area contributed by atoms with Gasteiger partial charge in [-0.3, -0.25) is 0 Å². The maximum Gasteiger partial charge on any atom is 0.402 e. The van der Waals surface area contributed by atoms with Gasteiger partial charge in [-0.15, -0.1) is 0 Å². The first kappa shape index (κ1) is 17.6. The maximum atomic E-state index is 13.6. The van der Waals surface area contributed by atoms with E-state index in [1.54, 1.807) is 0 Å². The minimum atomic E-state index is -4.81. The Morgan fingerprint density at radius 1 is 1.19 bits per heavy atom. The highest BCUT2D eigenvalue weighted by atomic mass is 32.2. The van der Waals surface area contributed by atoms with E-state index < -0.39 is 51.0 Å². The zero-order chi connectivity index (χ0) is 16.6. The van der Waals surface area contributed by atoms with Crippen LogP contribution < -0.4 is 5.73 Å². The summed E-state index contributed by atoms with van der Waals surface area (Å²) < 4.78 is 88.4. The number of hydrogen-bond acceptors (Lipinski definition) is 3. The number of rotatable bonds is 4. The highest BCUT2D eigenvalue weighted by molar-refractivity contribution is 7.89. The highest BCUT2D eigenvalue weighted by Gasteiger charge is 2.39. The van der Waals surface area contributed by atoms with Gasteiger partial charge in [0.25, 0.3) is 0 Å². The number of hydrogen-bond donors (Lipinski definition) is 1. The van der Waals surface area contributed by atoms with Crippen molar-refractivity contribution in [3.8, 4) is 0 Å². The molecule has 21 heavy (non-hydrogen) atoms. The van der Waals surface area contributed by atoms with Crippen molar-refractivity contribution in [2.24, 2.45) is 0 Å². The minimum Gasteiger partial charge on any atom is -0.396 e. The summed E-state index contributed by atoms with van der Waals surface area (Å²) in [5.74, 6) is -2.70. The molecule has 0 spiro atoms. The molecule has 0 heterocycles. The number of alkyl halides is 3. The summed E-state index contributed by atoms with van der Waals surface area (Å²) in [4.78, 5) is -1.10. The van der Waals surface area contributed by atoms with E-state index in [2.05, 4.69) is 0 Å². The summed E-state index contributed by atoms with van der Waals surface area (Å²) in [5, 5.41) is 0. The molecule has 120 valence electrons. The van der Waals surface area contributed by atoms with Gasteiger partial charge in [-0.2, -0.15) is 17.5 Å². The number of nitrogens with zero attached hydrogens (tertiary/aromatic N) is 1. The first-order valence-corrected chi connectivity index (χ1v) is 7.13. The lowest BCUT2D eigenvalue weighted by molar-refractivity contribution is -0.138. The molecule has 0 aliphatic rings. The third kappa shape index (κ3) is 4.03. The molecule has 10 heteroatoms. The predicted molar refractivity (Wildman–Crippen MR) is 65.9 cm³/mol. The normalized spacial score (nSPS) is 13.2. The Bertz CT molecular complexity index is 628. The van der Waals surface area contributed by atoms with Crippen molar-refractivity contribution in [3.63, 3.8) is 0 Å². The van der Waals surface area contributed by atoms with E-state index >= 15 is 0 Å². The summed E-state index contributed by atoms with van der Waals surface area (Å²) in [6.45, 7) is 0.617. The number of nitrogen functional groups attached to an aromatic ring is 1. The van der Waals surface area contributed by atoms with Crippen LogP contribution in [0.25, 0.3) is 0 Å². The van der Waals surface area contributed by atoms with Crippen LogP contribution in [0.3, 0.4) is 0 Å². The van der Waals surface area contributed by atoms with Crippen molar-refractivity contribution < 1.29 is 30.4 Å². The van der Waals surface area contributed by atoms with Crippen LogP contribution >= 0.6 is 0 Å². The SMILES string of the molecule is CC(C)N(CC(F)(F)F)S(=O)(=O)c1cc(N)c(F)cc1F. The van der Waals surface area contributed by atoms with Crippen LogP contribution in [-0.2, 0) is 10.0 Å². The van der Waals surface area contributed by atoms with Gasteiger partial charge in [-0.25, -0.2) is 17.2 Å². The van der Waals surface area contributed by atoms with E-state index in [0.717, 1.165) is 0 Å². The molecule has 4 nitrogen and oxygen atoms in total. The zero-order valence-electron chi connectivity index (χ0n) is 11.1. The molecule has 0 atom stereocenters. The van der Waals surface area contributed by atoms with Crippen LogP contribution in [0, 0.1) is 11.6 Å². The van der Waals surface area contributed by atoms with Crippen LogP contribution in [0.1, 0.15) is 13.8 Å². The van der Waals surface area contributed by atoms with Crippen molar-refractivity contribution in [2.45, 2.75) is 31.0 Å². The van der Waals surface area contributed by atoms with Crippen molar-refractivity contribution in [3.05, 3.63) is 23.8 Å². The van der Waals surface area contributed by atoms with Crippen LogP contribution in [-0.4, -0.2) is 31.5 Å². The Balaban J connectivity index is 3.40. The van der Waals surface area contributed by atoms with E-state index in [0.29, 0.717) is 6.07 Å². The lowest BCUT2D eigenvalue weighted by Crippen LogP contribution is -2.43. The van der Waals surface area contributed by atoms with Gasteiger partial charge in [-0.1, -0.05) is 0 Å². The molecule has 1 rings (SSSR count). The second kappa shape index (κ2) is 5.76. The lowest BCUT2D eigenvalue weighted by atomic mass is 10.3. The average molecular weight is 332 g/mol. The third-order valence-electron chi connectivity index (χ3n) is 2.55. The smallest absolute Gasteiger partial charge is 0.396 e. The van der Waals surface area contributed by atoms with Crippen LogP contribution in [0.2, 0.25) is 0 Å². The highest BCUT2D eigenvalue weighted by Crippen LogP contribution is 2.28. The van der Waals surface area contributed by atoms with Gasteiger partial charge in [0.1, 0.15) is 23.1 Å². The van der Waals surface area contributed by atoms with Gasteiger partial charge in [0.2, 0.25) is 10.0 Å². The Kier molecular flexibility index (Phi) is 4.83. The van der Waals surface area contributed by atoms with E-state index in [-0.39, 0.29) is 10.4 Å². The number of benzene rings is 1. The van der Waals surface area contributed by atoms with Crippen LogP contribution in [0.5, 0.6) is 0 Å². The second-order valence-corrected chi connectivity index (χ2v) is 6.42. The summed E-state index contributed by atoms with van der Waals surface area (Å²) in [5.41, 5.74) is 4.47. The number of nitrogens with two attached hydrogens (primary N) is 1. The first-order valence-electron chi connectivity index (χ1n) is 5.69. The van der Waals surface area contributed by atoms with Gasteiger partial charge >= 0.3 is 6.18 Å². The molecular formula is C11H13F5N2O2S. The Labute approximate surface area is 118 Å². The van der Waals surface area contributed by atoms with Gasteiger partial charge in [0.05, 0.1) is 5.69 Å². The molecule has 0 saturated heterocycles. The van der Waals surface area contributed by atoms with Crippen molar-refractivity contribution in [2.75, 3.05) is 12.3 Å². The standard InChI is InChI=1S/C11H13F5N2O2S/c1-6(2)18(5-11(14,15)16)21(19,20)10-4-9(17)7(12)3-8(10)13/h3-4,6H,5,17H2,1-2H3. The molecule has 0 aliphatic heterocycles. The molecule has 0 radical (unpaired) electrons. The summed E-state index contributed by atoms with van der Waals surface area (Å²) in [6.07, 6.45) is -4.81. The van der Waals surface area contributed by atoms with Crippen molar-refractivity contribution >= 4 is 15.7 Å². The second-order valence-electron chi connectivity index (χ2n) is 4.56. The fourth-order valence-electron chi connectivity index (χ4n) is 1.59. The Morgan fingerprint density at radius 2 is 1.71 bits per heavy atom. The van der Waals surface area contributed by atoms with Gasteiger partial charge in [-0.05, 0) is 19.9 Å². The van der Waals surface area contributed by atoms with E-state index in [1.165, 1.54) is 13.8 Å². The van der Waals surface area contributed by atoms with Gasteiger partial charge in [0, 0.05) is 12.1 Å². The van der Waals surface area contributed by atoms with Crippen molar-refractivity contribution in [1.29, 1.82) is 0 Å². The quantitative estimate of drug-likeness (QED) is 0.681. The van der Waals surface area contributed by atoms with E-state index in [9.17, 15) is 30.4 Å². The predicted octanol–water partition coefficient (Wildman–Crippen LogP) is 2.51. The fraction of sp³-hybridized carbons (Fsp3) is 0.455. The number of sulfonamides is 1. The first-order chi connectivity index (χ1) is 9.36. The number of halogens is 5. The molecule has 1 aromatic rings. The maximum absolute atomic E-state index is 13.6. The average Bonchev–Trinajstić information content (AvgIpc) is 2.29. The largest absolute Gasteiger partial charge is 0.402 e. The molecular weight excluding hydrogens is 319 g/mol. The summed E-state index contributed by atoms with van der Waals surface area (Å²) >= 11 is 0. The van der Waals surface area contributed by atoms with Gasteiger partial charge in [0.15, 0.2) is 0 Å². The molecule has 0 aliphatic carbocycles. The van der Waals surface area contributed by atoms with Crippen LogP contribution in [0.4, 0.5) is 27.6 Å². The molecule has 0 unspecified atom stereocenters. The molecule has 0 bridgehead atoms. The molecule has 0 amide bonds. The monoisotopic (exact) mass is 332 g/mol. The van der Waals surface area contributed by atoms with Crippen molar-refractivity contribution in [1.82, 2.24) is 4.31 Å². The number of anilines is 1. The zero-order valence-corrected chi connectivity index (χ0v) is 11.9. The van der Waals surface area contributed by atoms with E-state index in [4.69, 9.17) is 5.73 Å². The van der Waals surface area contributed by atoms with Crippen LogP contribution in [0.15, 0.2) is 17.0 Å². The topological polar surface area (TPSA) is 63.4 Å². The molecule has 1 aromatic carbocycles. The molecule has 0 aromatic heterocycles. The Hall–Kier alpha value is -1.42. The summed E-state index contributed by atoms with van der Waals surface area (Å²) in [7, 11) is -4.81.